The number of hydrogen-bond acceptors (Lipinski definition) is 8. The Kier molecular flexibility index (Phi) is 11.6. The third-order valence-corrected chi connectivity index (χ3v) is 10.7. The summed E-state index contributed by atoms with van der Waals surface area (Å²) in [7, 11) is 1.32. The zero-order valence-electron chi connectivity index (χ0n) is 32.4. The van der Waals surface area contributed by atoms with Gasteiger partial charge < -0.3 is 34.4 Å². The van der Waals surface area contributed by atoms with E-state index in [0.29, 0.717) is 32.7 Å². The van der Waals surface area contributed by atoms with Crippen molar-refractivity contribution in [3.8, 4) is 33.6 Å². The Bertz CT molecular complexity index is 1950. The predicted molar refractivity (Wildman–Crippen MR) is 208 cm³/mol. The molecule has 13 nitrogen and oxygen atoms in total. The molecule has 55 heavy (non-hydrogen) atoms. The van der Waals surface area contributed by atoms with Crippen LogP contribution in [0.1, 0.15) is 108 Å². The first-order valence-electron chi connectivity index (χ1n) is 19.7. The maximum atomic E-state index is 13.9. The van der Waals surface area contributed by atoms with Crippen LogP contribution in [0.5, 0.6) is 0 Å². The van der Waals surface area contributed by atoms with Crippen molar-refractivity contribution in [3.63, 3.8) is 0 Å². The molecule has 13 heteroatoms. The van der Waals surface area contributed by atoms with Crippen molar-refractivity contribution in [3.05, 3.63) is 72.1 Å². The van der Waals surface area contributed by atoms with Gasteiger partial charge in [0.1, 0.15) is 23.3 Å². The third-order valence-electron chi connectivity index (χ3n) is 10.7. The van der Waals surface area contributed by atoms with Gasteiger partial charge in [-0.2, -0.15) is 0 Å². The van der Waals surface area contributed by atoms with Crippen LogP contribution in [0.4, 0.5) is 9.59 Å². The van der Waals surface area contributed by atoms with Gasteiger partial charge >= 0.3 is 12.2 Å². The number of rotatable bonds is 5. The fourth-order valence-corrected chi connectivity index (χ4v) is 7.88. The van der Waals surface area contributed by atoms with E-state index in [-0.39, 0.29) is 24.1 Å². The monoisotopic (exact) mass is 751 g/mol. The molecule has 2 aromatic carbocycles. The van der Waals surface area contributed by atoms with Crippen molar-refractivity contribution in [2.45, 2.75) is 109 Å². The maximum Gasteiger partial charge on any atom is 0.410 e. The summed E-state index contributed by atoms with van der Waals surface area (Å²) < 4.78 is 16.6. The van der Waals surface area contributed by atoms with Crippen molar-refractivity contribution in [2.24, 2.45) is 0 Å². The molecule has 0 radical (unpaired) electrons. The molecule has 3 atom stereocenters. The van der Waals surface area contributed by atoms with E-state index in [2.05, 4.69) is 63.8 Å². The van der Waals surface area contributed by atoms with Gasteiger partial charge in [-0.15, -0.1) is 0 Å². The molecule has 0 spiro atoms. The summed E-state index contributed by atoms with van der Waals surface area (Å²) in [5.41, 5.74) is 6.05. The lowest BCUT2D eigenvalue weighted by Gasteiger charge is -2.28. The van der Waals surface area contributed by atoms with Gasteiger partial charge in [0.2, 0.25) is 5.91 Å². The number of nitrogens with zero attached hydrogens (tertiary/aromatic N) is 4. The summed E-state index contributed by atoms with van der Waals surface area (Å²) in [4.78, 5) is 59.4. The Morgan fingerprint density at radius 1 is 0.818 bits per heavy atom. The molecule has 2 saturated heterocycles. The van der Waals surface area contributed by atoms with Crippen LogP contribution in [-0.2, 0) is 25.6 Å². The Morgan fingerprint density at radius 3 is 2.22 bits per heavy atom. The van der Waals surface area contributed by atoms with Gasteiger partial charge in [0, 0.05) is 37.0 Å². The number of nitrogens with one attached hydrogen (secondary N) is 3. The Balaban J connectivity index is 1.07. The van der Waals surface area contributed by atoms with Gasteiger partial charge in [0.25, 0.3) is 0 Å². The minimum Gasteiger partial charge on any atom is -0.453 e. The number of likely N-dealkylation sites (tertiary alicyclic amines) is 1. The molecule has 0 unspecified atom stereocenters. The van der Waals surface area contributed by atoms with Gasteiger partial charge in [-0.3, -0.25) is 9.69 Å². The van der Waals surface area contributed by atoms with Gasteiger partial charge in [0.15, 0.2) is 0 Å². The smallest absolute Gasteiger partial charge is 0.410 e. The molecular formula is C42H53N7O6. The van der Waals surface area contributed by atoms with Crippen molar-refractivity contribution < 1.29 is 28.6 Å². The molecule has 3 aliphatic heterocycles. The van der Waals surface area contributed by atoms with E-state index in [1.807, 2.05) is 31.9 Å². The van der Waals surface area contributed by atoms with Crippen molar-refractivity contribution in [2.75, 3.05) is 26.8 Å². The molecule has 4 aromatic rings. The highest BCUT2D eigenvalue weighted by atomic mass is 16.6. The van der Waals surface area contributed by atoms with Crippen LogP contribution in [0.3, 0.4) is 0 Å². The molecule has 2 bridgehead atoms. The zero-order valence-corrected chi connectivity index (χ0v) is 32.4. The minimum absolute atomic E-state index is 0.0970. The minimum atomic E-state index is -0.643. The topological polar surface area (TPSA) is 155 Å². The molecule has 5 heterocycles. The molecule has 7 rings (SSSR count). The fraction of sp³-hybridized carbons (Fsp3) is 0.500. The van der Waals surface area contributed by atoms with E-state index in [0.717, 1.165) is 102 Å². The predicted octanol–water partition coefficient (Wildman–Crippen LogP) is 8.07. The molecule has 3 aliphatic rings. The van der Waals surface area contributed by atoms with Gasteiger partial charge in [-0.25, -0.2) is 19.6 Å². The molecule has 3 N–H and O–H groups in total. The number of benzene rings is 2. The molecule has 2 aromatic heterocycles. The van der Waals surface area contributed by atoms with Gasteiger partial charge in [0.05, 0.1) is 42.9 Å². The fourth-order valence-electron chi connectivity index (χ4n) is 7.88. The normalized spacial score (nSPS) is 21.1. The van der Waals surface area contributed by atoms with Crippen LogP contribution >= 0.6 is 0 Å². The molecule has 2 fully saturated rings. The van der Waals surface area contributed by atoms with Crippen LogP contribution in [-0.4, -0.2) is 86.3 Å². The number of amides is 3. The number of hydrogen-bond donors (Lipinski definition) is 3. The lowest BCUT2D eigenvalue weighted by atomic mass is 10.0. The number of imidazole rings is 2. The van der Waals surface area contributed by atoms with Gasteiger partial charge in [-0.1, -0.05) is 67.8 Å². The summed E-state index contributed by atoms with van der Waals surface area (Å²) in [6.07, 6.45) is 8.61. The van der Waals surface area contributed by atoms with Crippen LogP contribution in [0, 0.1) is 0 Å². The maximum absolute atomic E-state index is 13.9. The molecule has 0 saturated carbocycles. The highest BCUT2D eigenvalue weighted by Gasteiger charge is 2.37. The van der Waals surface area contributed by atoms with Crippen LogP contribution in [0.15, 0.2) is 54.7 Å². The first kappa shape index (κ1) is 38.1. The average Bonchev–Trinajstić information content (AvgIpc) is 4.00. The number of H-pyrrole nitrogens is 2. The number of ether oxygens (including phenoxy) is 3. The summed E-state index contributed by atoms with van der Waals surface area (Å²) >= 11 is 0. The zero-order chi connectivity index (χ0) is 38.5. The standard InChI is InChI=1S/C42H53N7O6/c1-42(2,3)55-41(52)49-23-10-12-34(49)37-43-25-32(44-37)29-18-14-27(15-19-29)28-16-20-30(21-17-28)36-33-26-54-24-8-6-5-7-11-31(46-40(51)53-4)39(50)48-22-9-13-35(48)38(45-33)47-36/h14-21,25,31,34-35H,5-13,22-24,26H2,1-4H3,(H,43,44)(H,45,47)(H,46,51)/t31-,34-,35-/m0/s1. The molecule has 0 aliphatic carbocycles. The molecule has 292 valence electrons. The van der Waals surface area contributed by atoms with Gasteiger partial charge in [-0.05, 0) is 70.4 Å². The second kappa shape index (κ2) is 16.7. The van der Waals surface area contributed by atoms with E-state index in [4.69, 9.17) is 24.2 Å². The van der Waals surface area contributed by atoms with Crippen molar-refractivity contribution >= 4 is 18.1 Å². The molecular weight excluding hydrogens is 699 g/mol. The summed E-state index contributed by atoms with van der Waals surface area (Å²) in [5, 5.41) is 2.78. The number of fused-ring (bicyclic) bond motifs is 4. The Hall–Kier alpha value is -5.17. The van der Waals surface area contributed by atoms with Crippen molar-refractivity contribution in [1.82, 2.24) is 35.1 Å². The number of aromatic amines is 2. The lowest BCUT2D eigenvalue weighted by molar-refractivity contribution is -0.134. The first-order chi connectivity index (χ1) is 26.6. The van der Waals surface area contributed by atoms with Crippen LogP contribution in [0.2, 0.25) is 0 Å². The van der Waals surface area contributed by atoms with E-state index in [9.17, 15) is 14.4 Å². The Morgan fingerprint density at radius 2 is 1.49 bits per heavy atom. The largest absolute Gasteiger partial charge is 0.453 e. The number of carbonyl (C=O) groups is 3. The van der Waals surface area contributed by atoms with E-state index in [1.165, 1.54) is 7.11 Å². The van der Waals surface area contributed by atoms with Crippen LogP contribution < -0.4 is 5.32 Å². The lowest BCUT2D eigenvalue weighted by Crippen LogP contribution is -2.48. The highest BCUT2D eigenvalue weighted by Crippen LogP contribution is 2.36. The van der Waals surface area contributed by atoms with Crippen molar-refractivity contribution in [1.29, 1.82) is 0 Å². The Labute approximate surface area is 322 Å². The van der Waals surface area contributed by atoms with E-state index in [1.54, 1.807) is 4.90 Å². The number of carbonyl (C=O) groups excluding carboxylic acids is 3. The second-order valence-corrected chi connectivity index (χ2v) is 15.7. The third kappa shape index (κ3) is 8.88. The van der Waals surface area contributed by atoms with E-state index >= 15 is 0 Å². The summed E-state index contributed by atoms with van der Waals surface area (Å²) in [6, 6.07) is 15.7. The number of alkyl carbamates (subject to hydrolysis) is 1. The summed E-state index contributed by atoms with van der Waals surface area (Å²) in [6.45, 7) is 7.92. The second-order valence-electron chi connectivity index (χ2n) is 15.7. The average molecular weight is 752 g/mol. The number of aromatic nitrogens is 4. The highest BCUT2D eigenvalue weighted by molar-refractivity contribution is 5.86. The van der Waals surface area contributed by atoms with E-state index < -0.39 is 17.7 Å². The number of methoxy groups -OCH3 is 1. The molecule has 3 amide bonds. The first-order valence-corrected chi connectivity index (χ1v) is 19.7. The quantitative estimate of drug-likeness (QED) is 0.185. The van der Waals surface area contributed by atoms with Crippen LogP contribution in [0.25, 0.3) is 33.6 Å². The summed E-state index contributed by atoms with van der Waals surface area (Å²) in [5.74, 6) is 1.41. The SMILES string of the molecule is COC(=O)N[C@H]1CCCCCCOCc2[nH]c(nc2-c2ccc(-c3ccc(-c4c[nH]c([C@@H]5CCCN5C(=O)OC(C)(C)C)n4)cc3)cc2)[C@@H]2CCCN2C1=O.